The van der Waals surface area contributed by atoms with Crippen molar-refractivity contribution in [2.24, 2.45) is 29.1 Å². The van der Waals surface area contributed by atoms with Crippen molar-refractivity contribution in [1.29, 1.82) is 0 Å². The first-order chi connectivity index (χ1) is 14.6. The lowest BCUT2D eigenvalue weighted by Crippen LogP contribution is -2.36. The Morgan fingerprint density at radius 1 is 1.19 bits per heavy atom. The molecule has 0 amide bonds. The normalized spacial score (nSPS) is 38.4. The van der Waals surface area contributed by atoms with Crippen molar-refractivity contribution in [3.63, 3.8) is 0 Å². The summed E-state index contributed by atoms with van der Waals surface area (Å²) in [5.74, 6) is 1.46. The van der Waals surface area contributed by atoms with Crippen LogP contribution >= 0.6 is 0 Å². The minimum absolute atomic E-state index is 0.0119. The van der Waals surface area contributed by atoms with Gasteiger partial charge in [-0.15, -0.1) is 0 Å². The molecule has 0 spiro atoms. The monoisotopic (exact) mass is 428 g/mol. The third-order valence-electron chi connectivity index (χ3n) is 8.87. The van der Waals surface area contributed by atoms with Crippen molar-refractivity contribution in [3.8, 4) is 0 Å². The minimum Gasteiger partial charge on any atom is -0.396 e. The molecule has 3 N–H and O–H groups in total. The van der Waals surface area contributed by atoms with E-state index >= 15 is 0 Å². The zero-order valence-corrected chi connectivity index (χ0v) is 20.1. The van der Waals surface area contributed by atoms with Crippen molar-refractivity contribution in [2.45, 2.75) is 90.8 Å². The fourth-order valence-corrected chi connectivity index (χ4v) is 6.37. The second kappa shape index (κ2) is 9.77. The van der Waals surface area contributed by atoms with Crippen LogP contribution in [0.2, 0.25) is 0 Å². The standard InChI is InChI=1S/C28H44O3/c1-19-8-11-24(30)17-23(19)10-9-22-7-6-15-27(4)25(12-13-26(22)27)20(2)14-16-28(5,31)21(3)18-29/h9-10,14,16,20-21,24-26,29-31H,1,6-8,11-13,15,17-18H2,2-5H3. The van der Waals surface area contributed by atoms with Crippen LogP contribution in [0.1, 0.15) is 79.1 Å². The molecule has 7 atom stereocenters. The molecule has 0 aromatic carbocycles. The van der Waals surface area contributed by atoms with Crippen LogP contribution in [0.15, 0.2) is 47.6 Å². The summed E-state index contributed by atoms with van der Waals surface area (Å²) in [7, 11) is 0. The van der Waals surface area contributed by atoms with E-state index in [1.807, 2.05) is 13.0 Å². The van der Waals surface area contributed by atoms with Gasteiger partial charge in [0.1, 0.15) is 0 Å². The molecule has 3 saturated carbocycles. The van der Waals surface area contributed by atoms with Crippen LogP contribution in [0.3, 0.4) is 0 Å². The molecule has 0 saturated heterocycles. The SMILES string of the molecule is C=C1CCC(O)CC1=CC=C1CCCC2(C)C1CCC2C(C)C=CC(C)(O)C(C)CO. The van der Waals surface area contributed by atoms with Gasteiger partial charge in [-0.05, 0) is 87.0 Å². The predicted molar refractivity (Wildman–Crippen MR) is 129 cm³/mol. The molecule has 0 aromatic heterocycles. The number of hydrogen-bond acceptors (Lipinski definition) is 3. The molecule has 0 heterocycles. The number of fused-ring (bicyclic) bond motifs is 1. The third-order valence-corrected chi connectivity index (χ3v) is 8.87. The summed E-state index contributed by atoms with van der Waals surface area (Å²) in [6.45, 7) is 12.7. The molecule has 3 nitrogen and oxygen atoms in total. The molecule has 3 fully saturated rings. The van der Waals surface area contributed by atoms with Crippen LogP contribution in [0.25, 0.3) is 0 Å². The molecule has 0 aromatic rings. The summed E-state index contributed by atoms with van der Waals surface area (Å²) in [5, 5.41) is 30.1. The molecule has 0 bridgehead atoms. The Morgan fingerprint density at radius 2 is 1.94 bits per heavy atom. The molecule has 174 valence electrons. The van der Waals surface area contributed by atoms with Gasteiger partial charge in [0, 0.05) is 12.5 Å². The van der Waals surface area contributed by atoms with Gasteiger partial charge in [-0.25, -0.2) is 0 Å². The Balaban J connectivity index is 1.75. The zero-order valence-electron chi connectivity index (χ0n) is 20.1. The fraction of sp³-hybridized carbons (Fsp3) is 0.714. The summed E-state index contributed by atoms with van der Waals surface area (Å²) in [5.41, 5.74) is 3.31. The van der Waals surface area contributed by atoms with E-state index in [2.05, 4.69) is 38.7 Å². The van der Waals surface area contributed by atoms with Crippen molar-refractivity contribution < 1.29 is 15.3 Å². The van der Waals surface area contributed by atoms with E-state index in [0.29, 0.717) is 23.2 Å². The van der Waals surface area contributed by atoms with Gasteiger partial charge in [0.25, 0.3) is 0 Å². The van der Waals surface area contributed by atoms with E-state index in [1.54, 1.807) is 12.5 Å². The molecule has 7 unspecified atom stereocenters. The molecule has 0 aliphatic heterocycles. The highest BCUT2D eigenvalue weighted by molar-refractivity contribution is 5.36. The second-order valence-corrected chi connectivity index (χ2v) is 11.1. The Morgan fingerprint density at radius 3 is 2.65 bits per heavy atom. The predicted octanol–water partition coefficient (Wildman–Crippen LogP) is 5.73. The van der Waals surface area contributed by atoms with Crippen LogP contribution in [-0.2, 0) is 0 Å². The first kappa shape index (κ1) is 24.5. The highest BCUT2D eigenvalue weighted by Crippen LogP contribution is 2.59. The molecule has 3 aliphatic rings. The summed E-state index contributed by atoms with van der Waals surface area (Å²) < 4.78 is 0. The van der Waals surface area contributed by atoms with Crippen LogP contribution in [0, 0.1) is 29.1 Å². The molecule has 0 radical (unpaired) electrons. The summed E-state index contributed by atoms with van der Waals surface area (Å²) >= 11 is 0. The Labute approximate surface area is 189 Å². The van der Waals surface area contributed by atoms with Crippen LogP contribution in [0.4, 0.5) is 0 Å². The highest BCUT2D eigenvalue weighted by atomic mass is 16.3. The van der Waals surface area contributed by atoms with Crippen molar-refractivity contribution in [3.05, 3.63) is 47.6 Å². The number of allylic oxidation sites excluding steroid dienone is 5. The van der Waals surface area contributed by atoms with Crippen molar-refractivity contribution in [2.75, 3.05) is 6.61 Å². The topological polar surface area (TPSA) is 60.7 Å². The van der Waals surface area contributed by atoms with E-state index in [9.17, 15) is 15.3 Å². The quantitative estimate of drug-likeness (QED) is 0.474. The van der Waals surface area contributed by atoms with E-state index in [1.165, 1.54) is 43.3 Å². The van der Waals surface area contributed by atoms with Gasteiger partial charge < -0.3 is 15.3 Å². The van der Waals surface area contributed by atoms with Gasteiger partial charge in [-0.2, -0.15) is 0 Å². The molecular formula is C28H44O3. The Bertz CT molecular complexity index is 743. The molecule has 3 heteroatoms. The van der Waals surface area contributed by atoms with Gasteiger partial charge in [0.05, 0.1) is 11.7 Å². The molecule has 31 heavy (non-hydrogen) atoms. The summed E-state index contributed by atoms with van der Waals surface area (Å²) in [6.07, 6.45) is 17.1. The average molecular weight is 429 g/mol. The first-order valence-electron chi connectivity index (χ1n) is 12.4. The molecule has 3 aliphatic carbocycles. The number of rotatable bonds is 6. The van der Waals surface area contributed by atoms with Crippen LogP contribution in [-0.4, -0.2) is 33.6 Å². The van der Waals surface area contributed by atoms with Crippen LogP contribution < -0.4 is 0 Å². The second-order valence-electron chi connectivity index (χ2n) is 11.1. The van der Waals surface area contributed by atoms with E-state index < -0.39 is 5.60 Å². The smallest absolute Gasteiger partial charge is 0.0847 e. The molecule has 3 rings (SSSR count). The highest BCUT2D eigenvalue weighted by Gasteiger charge is 2.50. The lowest BCUT2D eigenvalue weighted by atomic mass is 9.61. The summed E-state index contributed by atoms with van der Waals surface area (Å²) in [6, 6.07) is 0. The maximum atomic E-state index is 10.7. The number of aliphatic hydroxyl groups excluding tert-OH is 2. The maximum absolute atomic E-state index is 10.7. The van der Waals surface area contributed by atoms with Gasteiger partial charge in [-0.1, -0.05) is 62.8 Å². The average Bonchev–Trinajstić information content (AvgIpc) is 3.09. The molecular weight excluding hydrogens is 384 g/mol. The Kier molecular flexibility index (Phi) is 7.71. The fourth-order valence-electron chi connectivity index (χ4n) is 6.37. The third kappa shape index (κ3) is 5.26. The lowest BCUT2D eigenvalue weighted by Gasteiger charge is -2.44. The largest absolute Gasteiger partial charge is 0.396 e. The van der Waals surface area contributed by atoms with Crippen molar-refractivity contribution in [1.82, 2.24) is 0 Å². The minimum atomic E-state index is -0.974. The van der Waals surface area contributed by atoms with Gasteiger partial charge in [-0.3, -0.25) is 0 Å². The van der Waals surface area contributed by atoms with E-state index in [-0.39, 0.29) is 18.6 Å². The van der Waals surface area contributed by atoms with Crippen molar-refractivity contribution >= 4 is 0 Å². The number of hydrogen-bond donors (Lipinski definition) is 3. The Hall–Kier alpha value is -1.16. The number of aliphatic hydroxyl groups is 3. The first-order valence-corrected chi connectivity index (χ1v) is 12.4. The zero-order chi connectivity index (χ0) is 22.8. The van der Waals surface area contributed by atoms with Crippen LogP contribution in [0.5, 0.6) is 0 Å². The maximum Gasteiger partial charge on any atom is 0.0847 e. The lowest BCUT2D eigenvalue weighted by molar-refractivity contribution is 0.0245. The van der Waals surface area contributed by atoms with E-state index in [4.69, 9.17) is 0 Å². The van der Waals surface area contributed by atoms with Gasteiger partial charge in [0.15, 0.2) is 0 Å². The van der Waals surface area contributed by atoms with Gasteiger partial charge in [0.2, 0.25) is 0 Å². The van der Waals surface area contributed by atoms with Gasteiger partial charge >= 0.3 is 0 Å². The van der Waals surface area contributed by atoms with E-state index in [0.717, 1.165) is 19.3 Å². The summed E-state index contributed by atoms with van der Waals surface area (Å²) in [4.78, 5) is 0.